The van der Waals surface area contributed by atoms with Crippen LogP contribution in [0.3, 0.4) is 0 Å². The van der Waals surface area contributed by atoms with E-state index in [1.54, 1.807) is 25.1 Å². The van der Waals surface area contributed by atoms with E-state index in [0.717, 1.165) is 5.65 Å². The zero-order chi connectivity index (χ0) is 19.3. The molecular formula is C20H18N4O4. The van der Waals surface area contributed by atoms with E-state index in [0.29, 0.717) is 36.0 Å². The topological polar surface area (TPSA) is 85.2 Å². The number of urea groups is 1. The number of amides is 3. The van der Waals surface area contributed by atoms with Crippen molar-refractivity contribution in [2.75, 3.05) is 13.2 Å². The highest BCUT2D eigenvalue weighted by molar-refractivity contribution is 6.07. The monoisotopic (exact) mass is 378 g/mol. The number of pyridine rings is 1. The lowest BCUT2D eigenvalue weighted by molar-refractivity contribution is -0.131. The summed E-state index contributed by atoms with van der Waals surface area (Å²) in [5.41, 5.74) is 0.874. The Balaban J connectivity index is 1.44. The summed E-state index contributed by atoms with van der Waals surface area (Å²) in [7, 11) is 0. The smallest absolute Gasteiger partial charge is 0.325 e. The third-order valence-corrected chi connectivity index (χ3v) is 5.13. The SMILES string of the molecule is C[C@@]1(c2ccc3c(c2)OCCO3)NC(=O)N(Cc2cn3ccccc3n2)C1=O. The second-order valence-corrected chi connectivity index (χ2v) is 7.00. The third kappa shape index (κ3) is 2.49. The number of rotatable bonds is 3. The first-order valence-electron chi connectivity index (χ1n) is 9.01. The number of nitrogens with one attached hydrogen (secondary N) is 1. The lowest BCUT2D eigenvalue weighted by atomic mass is 9.91. The van der Waals surface area contributed by atoms with Crippen molar-refractivity contribution in [1.82, 2.24) is 19.6 Å². The van der Waals surface area contributed by atoms with Crippen molar-refractivity contribution in [3.05, 3.63) is 60.0 Å². The van der Waals surface area contributed by atoms with Gasteiger partial charge < -0.3 is 19.2 Å². The van der Waals surface area contributed by atoms with Crippen LogP contribution in [0.15, 0.2) is 48.8 Å². The van der Waals surface area contributed by atoms with Crippen LogP contribution >= 0.6 is 0 Å². The van der Waals surface area contributed by atoms with E-state index < -0.39 is 11.6 Å². The number of fused-ring (bicyclic) bond motifs is 2. The van der Waals surface area contributed by atoms with Gasteiger partial charge in [-0.25, -0.2) is 9.78 Å². The van der Waals surface area contributed by atoms with Gasteiger partial charge in [-0.2, -0.15) is 0 Å². The molecule has 0 saturated carbocycles. The van der Waals surface area contributed by atoms with E-state index in [-0.39, 0.29) is 12.5 Å². The number of nitrogens with zero attached hydrogens (tertiary/aromatic N) is 3. The Morgan fingerprint density at radius 1 is 1.14 bits per heavy atom. The van der Waals surface area contributed by atoms with Gasteiger partial charge in [-0.15, -0.1) is 0 Å². The summed E-state index contributed by atoms with van der Waals surface area (Å²) >= 11 is 0. The van der Waals surface area contributed by atoms with Crippen molar-refractivity contribution in [3.8, 4) is 11.5 Å². The van der Waals surface area contributed by atoms with E-state index in [1.807, 2.05) is 35.0 Å². The van der Waals surface area contributed by atoms with Gasteiger partial charge in [0.05, 0.1) is 12.2 Å². The summed E-state index contributed by atoms with van der Waals surface area (Å²) in [6.07, 6.45) is 3.69. The molecule has 3 amide bonds. The molecule has 0 radical (unpaired) electrons. The molecule has 1 saturated heterocycles. The first-order valence-corrected chi connectivity index (χ1v) is 9.01. The molecule has 1 atom stereocenters. The average molecular weight is 378 g/mol. The standard InChI is InChI=1S/C20H18N4O4/c1-20(13-5-6-15-16(10-13)28-9-8-27-15)18(25)24(19(26)22-20)12-14-11-23-7-3-2-4-17(23)21-14/h2-7,10-11H,8-9,12H2,1H3,(H,22,26)/t20-/m0/s1. The van der Waals surface area contributed by atoms with Gasteiger partial charge >= 0.3 is 6.03 Å². The van der Waals surface area contributed by atoms with Crippen molar-refractivity contribution in [1.29, 1.82) is 0 Å². The molecule has 1 N–H and O–H groups in total. The highest BCUT2D eigenvalue weighted by Gasteiger charge is 2.49. The number of carbonyl (C=O) groups is 2. The van der Waals surface area contributed by atoms with E-state index in [9.17, 15) is 9.59 Å². The minimum atomic E-state index is -1.17. The van der Waals surface area contributed by atoms with E-state index >= 15 is 0 Å². The maximum atomic E-state index is 13.2. The maximum Gasteiger partial charge on any atom is 0.325 e. The van der Waals surface area contributed by atoms with Gasteiger partial charge in [-0.05, 0) is 36.8 Å². The second kappa shape index (κ2) is 5.98. The molecule has 3 aromatic rings. The Kier molecular flexibility index (Phi) is 3.55. The van der Waals surface area contributed by atoms with Gasteiger partial charge in [0, 0.05) is 12.4 Å². The quantitative estimate of drug-likeness (QED) is 0.706. The molecule has 0 unspecified atom stereocenters. The summed E-state index contributed by atoms with van der Waals surface area (Å²) < 4.78 is 13.0. The number of hydrogen-bond donors (Lipinski definition) is 1. The van der Waals surface area contributed by atoms with Crippen LogP contribution < -0.4 is 14.8 Å². The van der Waals surface area contributed by atoms with E-state index in [4.69, 9.17) is 9.47 Å². The molecule has 0 spiro atoms. The van der Waals surface area contributed by atoms with Crippen molar-refractivity contribution in [2.24, 2.45) is 0 Å². The summed E-state index contributed by atoms with van der Waals surface area (Å²) in [6, 6.07) is 10.5. The Bertz CT molecular complexity index is 1080. The average Bonchev–Trinajstić information content (AvgIpc) is 3.22. The first-order chi connectivity index (χ1) is 13.5. The normalized spacial score (nSPS) is 21.2. The second-order valence-electron chi connectivity index (χ2n) is 7.00. The largest absolute Gasteiger partial charge is 0.486 e. The van der Waals surface area contributed by atoms with E-state index in [1.165, 1.54) is 4.90 Å². The Morgan fingerprint density at radius 2 is 1.96 bits per heavy atom. The molecular weight excluding hydrogens is 360 g/mol. The molecule has 0 bridgehead atoms. The lowest BCUT2D eigenvalue weighted by Gasteiger charge is -2.25. The molecule has 5 rings (SSSR count). The van der Waals surface area contributed by atoms with Crippen LogP contribution in [0.1, 0.15) is 18.2 Å². The Labute approximate surface area is 160 Å². The summed E-state index contributed by atoms with van der Waals surface area (Å²) in [5.74, 6) is 0.883. The summed E-state index contributed by atoms with van der Waals surface area (Å²) in [6.45, 7) is 2.74. The molecule has 2 aromatic heterocycles. The predicted octanol–water partition coefficient (Wildman–Crippen LogP) is 2.07. The van der Waals surface area contributed by atoms with Crippen LogP contribution in [0.25, 0.3) is 5.65 Å². The fourth-order valence-electron chi connectivity index (χ4n) is 3.62. The summed E-state index contributed by atoms with van der Waals surface area (Å²) in [4.78, 5) is 31.4. The number of benzene rings is 1. The number of imide groups is 1. The molecule has 2 aliphatic heterocycles. The Hall–Kier alpha value is -3.55. The van der Waals surface area contributed by atoms with Crippen LogP contribution in [0.2, 0.25) is 0 Å². The number of carbonyl (C=O) groups excluding carboxylic acids is 2. The fourth-order valence-corrected chi connectivity index (χ4v) is 3.62. The minimum absolute atomic E-state index is 0.104. The number of hydrogen-bond acceptors (Lipinski definition) is 5. The third-order valence-electron chi connectivity index (χ3n) is 5.13. The fraction of sp³-hybridized carbons (Fsp3) is 0.250. The van der Waals surface area contributed by atoms with Crippen molar-refractivity contribution >= 4 is 17.6 Å². The number of imidazole rings is 1. The number of ether oxygens (including phenoxy) is 2. The molecule has 0 aliphatic carbocycles. The van der Waals surface area contributed by atoms with Gasteiger partial charge in [0.25, 0.3) is 5.91 Å². The van der Waals surface area contributed by atoms with Crippen LogP contribution in [-0.4, -0.2) is 39.4 Å². The molecule has 2 aliphatic rings. The van der Waals surface area contributed by atoms with Gasteiger partial charge in [0.15, 0.2) is 11.5 Å². The van der Waals surface area contributed by atoms with Gasteiger partial charge in [0.2, 0.25) is 0 Å². The van der Waals surface area contributed by atoms with Crippen LogP contribution in [-0.2, 0) is 16.9 Å². The minimum Gasteiger partial charge on any atom is -0.486 e. The van der Waals surface area contributed by atoms with E-state index in [2.05, 4.69) is 10.3 Å². The molecule has 1 fully saturated rings. The zero-order valence-electron chi connectivity index (χ0n) is 15.2. The molecule has 4 heterocycles. The highest BCUT2D eigenvalue weighted by Crippen LogP contribution is 2.37. The van der Waals surface area contributed by atoms with Crippen molar-refractivity contribution < 1.29 is 19.1 Å². The van der Waals surface area contributed by atoms with Gasteiger partial charge in [-0.3, -0.25) is 9.69 Å². The molecule has 142 valence electrons. The predicted molar refractivity (Wildman–Crippen MR) is 99.1 cm³/mol. The Morgan fingerprint density at radius 3 is 2.79 bits per heavy atom. The zero-order valence-corrected chi connectivity index (χ0v) is 15.2. The lowest BCUT2D eigenvalue weighted by Crippen LogP contribution is -2.41. The van der Waals surface area contributed by atoms with Crippen molar-refractivity contribution in [3.63, 3.8) is 0 Å². The molecule has 1 aromatic carbocycles. The van der Waals surface area contributed by atoms with Gasteiger partial charge in [0.1, 0.15) is 24.4 Å². The highest BCUT2D eigenvalue weighted by atomic mass is 16.6. The summed E-state index contributed by atoms with van der Waals surface area (Å²) in [5, 5.41) is 2.81. The molecule has 8 nitrogen and oxygen atoms in total. The van der Waals surface area contributed by atoms with Gasteiger partial charge in [-0.1, -0.05) is 12.1 Å². The van der Waals surface area contributed by atoms with Crippen LogP contribution in [0.5, 0.6) is 11.5 Å². The van der Waals surface area contributed by atoms with Crippen LogP contribution in [0.4, 0.5) is 4.79 Å². The maximum absolute atomic E-state index is 13.2. The first kappa shape index (κ1) is 16.6. The molecule has 8 heteroatoms. The van der Waals surface area contributed by atoms with Crippen molar-refractivity contribution in [2.45, 2.75) is 19.0 Å². The number of aromatic nitrogens is 2. The van der Waals surface area contributed by atoms with Crippen LogP contribution in [0, 0.1) is 0 Å². The molecule has 28 heavy (non-hydrogen) atoms.